The number of benzene rings is 4. The molecule has 2 nitrogen and oxygen atoms in total. The van der Waals surface area contributed by atoms with Crippen LogP contribution in [-0.2, 0) is 11.3 Å². The van der Waals surface area contributed by atoms with Gasteiger partial charge in [-0.1, -0.05) is 72.8 Å². The predicted molar refractivity (Wildman–Crippen MR) is 134 cm³/mol. The summed E-state index contributed by atoms with van der Waals surface area (Å²) in [6, 6.07) is 19.4. The lowest BCUT2D eigenvalue weighted by Crippen LogP contribution is -2.00. The number of rotatable bonds is 8. The molecule has 0 bridgehead atoms. The number of ether oxygens (including phenoxy) is 2. The minimum Gasteiger partial charge on any atom is -0.497 e. The Labute approximate surface area is 207 Å². The van der Waals surface area contributed by atoms with E-state index in [9.17, 15) is 17.6 Å². The van der Waals surface area contributed by atoms with E-state index in [0.717, 1.165) is 0 Å². The van der Waals surface area contributed by atoms with Crippen LogP contribution in [0.2, 0.25) is 0 Å². The maximum Gasteiger partial charge on any atom is 0.167 e. The van der Waals surface area contributed by atoms with Crippen molar-refractivity contribution in [2.45, 2.75) is 13.5 Å². The molecule has 36 heavy (non-hydrogen) atoms. The number of hydrogen-bond acceptors (Lipinski definition) is 2. The first-order valence-electron chi connectivity index (χ1n) is 11.4. The lowest BCUT2D eigenvalue weighted by atomic mass is 10.00. The zero-order valence-corrected chi connectivity index (χ0v) is 19.8. The molecule has 0 N–H and O–H groups in total. The average Bonchev–Trinajstić information content (AvgIpc) is 2.91. The van der Waals surface area contributed by atoms with E-state index in [4.69, 9.17) is 9.47 Å². The molecule has 0 fully saturated rings. The van der Waals surface area contributed by atoms with E-state index in [0.29, 0.717) is 29.0 Å². The normalized spacial score (nSPS) is 11.3. The Morgan fingerprint density at radius 1 is 0.639 bits per heavy atom. The van der Waals surface area contributed by atoms with Crippen molar-refractivity contribution in [1.82, 2.24) is 0 Å². The van der Waals surface area contributed by atoms with Crippen LogP contribution in [0.1, 0.15) is 23.6 Å². The molecule has 0 saturated carbocycles. The Morgan fingerprint density at radius 3 is 1.83 bits per heavy atom. The Kier molecular flexibility index (Phi) is 7.86. The smallest absolute Gasteiger partial charge is 0.167 e. The maximum absolute atomic E-state index is 14.8. The van der Waals surface area contributed by atoms with Gasteiger partial charge in [0.05, 0.1) is 13.7 Å². The van der Waals surface area contributed by atoms with E-state index >= 15 is 0 Å². The monoisotopic (exact) mass is 492 g/mol. The molecular formula is C30H24F4O2. The van der Waals surface area contributed by atoms with Crippen LogP contribution in [0.15, 0.2) is 72.8 Å². The van der Waals surface area contributed by atoms with E-state index in [1.165, 1.54) is 37.5 Å². The molecule has 4 rings (SSSR count). The first kappa shape index (κ1) is 25.2. The second-order valence-corrected chi connectivity index (χ2v) is 8.05. The minimum atomic E-state index is -0.958. The molecule has 0 spiro atoms. The SMILES string of the molecule is CCOCc1ccc(-c2ccc(/C=C/c3ccc(-c4ccc(OC)cc4)c(F)c3F)cc2)c(F)c1F. The Balaban J connectivity index is 1.53. The molecule has 4 aromatic rings. The number of hydrogen-bond donors (Lipinski definition) is 0. The first-order chi connectivity index (χ1) is 17.4. The van der Waals surface area contributed by atoms with Gasteiger partial charge in [0.2, 0.25) is 0 Å². The van der Waals surface area contributed by atoms with Gasteiger partial charge < -0.3 is 9.47 Å². The van der Waals surface area contributed by atoms with Crippen LogP contribution in [0, 0.1) is 23.3 Å². The van der Waals surface area contributed by atoms with Gasteiger partial charge in [-0.15, -0.1) is 0 Å². The van der Waals surface area contributed by atoms with Crippen molar-refractivity contribution >= 4 is 12.2 Å². The standard InChI is InChI=1S/C30H24F4O2/c1-3-36-18-23-13-17-26(30(34)28(23)32)20-7-4-19(5-8-20)6-9-22-12-16-25(29(33)27(22)31)21-10-14-24(35-2)15-11-21/h4-17H,3,18H2,1-2H3/b9-6+. The lowest BCUT2D eigenvalue weighted by Gasteiger charge is -2.09. The summed E-state index contributed by atoms with van der Waals surface area (Å²) < 4.78 is 68.7. The molecular weight excluding hydrogens is 468 g/mol. The van der Waals surface area contributed by atoms with Crippen molar-refractivity contribution in [3.63, 3.8) is 0 Å². The van der Waals surface area contributed by atoms with E-state index < -0.39 is 23.3 Å². The molecule has 0 saturated heterocycles. The highest BCUT2D eigenvalue weighted by atomic mass is 19.2. The van der Waals surface area contributed by atoms with Crippen molar-refractivity contribution in [1.29, 1.82) is 0 Å². The third-order valence-corrected chi connectivity index (χ3v) is 5.81. The second-order valence-electron chi connectivity index (χ2n) is 8.05. The third kappa shape index (κ3) is 5.34. The molecule has 0 aliphatic rings. The van der Waals surface area contributed by atoms with Crippen LogP contribution in [0.4, 0.5) is 17.6 Å². The lowest BCUT2D eigenvalue weighted by molar-refractivity contribution is 0.131. The van der Waals surface area contributed by atoms with E-state index in [1.54, 1.807) is 61.5 Å². The van der Waals surface area contributed by atoms with E-state index in [2.05, 4.69) is 0 Å². The molecule has 0 aliphatic heterocycles. The van der Waals surface area contributed by atoms with Crippen LogP contribution < -0.4 is 4.74 Å². The fourth-order valence-corrected chi connectivity index (χ4v) is 3.78. The minimum absolute atomic E-state index is 0.00148. The second kappa shape index (κ2) is 11.2. The van der Waals surface area contributed by atoms with Crippen molar-refractivity contribution in [3.05, 3.63) is 113 Å². The molecule has 184 valence electrons. The molecule has 0 radical (unpaired) electrons. The summed E-state index contributed by atoms with van der Waals surface area (Å²) in [4.78, 5) is 0. The summed E-state index contributed by atoms with van der Waals surface area (Å²) in [5.74, 6) is -3.15. The van der Waals surface area contributed by atoms with E-state index in [-0.39, 0.29) is 28.9 Å². The summed E-state index contributed by atoms with van der Waals surface area (Å²) >= 11 is 0. The van der Waals surface area contributed by atoms with Crippen molar-refractivity contribution in [2.24, 2.45) is 0 Å². The molecule has 0 aromatic heterocycles. The molecule has 0 heterocycles. The topological polar surface area (TPSA) is 18.5 Å². The summed E-state index contributed by atoms with van der Waals surface area (Å²) in [5, 5.41) is 0. The van der Waals surface area contributed by atoms with Gasteiger partial charge in [-0.25, -0.2) is 17.6 Å². The summed E-state index contributed by atoms with van der Waals surface area (Å²) in [7, 11) is 1.53. The Hall–Kier alpha value is -3.90. The average molecular weight is 493 g/mol. The first-order valence-corrected chi connectivity index (χ1v) is 11.4. The van der Waals surface area contributed by atoms with Gasteiger partial charge in [0, 0.05) is 28.9 Å². The largest absolute Gasteiger partial charge is 0.497 e. The fourth-order valence-electron chi connectivity index (χ4n) is 3.78. The fraction of sp³-hybridized carbons (Fsp3) is 0.133. The predicted octanol–water partition coefficient (Wildman–Crippen LogP) is 8.29. The molecule has 0 atom stereocenters. The van der Waals surface area contributed by atoms with Gasteiger partial charge in [0.15, 0.2) is 23.3 Å². The van der Waals surface area contributed by atoms with Crippen molar-refractivity contribution in [2.75, 3.05) is 13.7 Å². The van der Waals surface area contributed by atoms with Gasteiger partial charge in [-0.2, -0.15) is 0 Å². The van der Waals surface area contributed by atoms with E-state index in [1.807, 2.05) is 0 Å². The summed E-state index contributed by atoms with van der Waals surface area (Å²) in [5.41, 5.74) is 2.24. The Morgan fingerprint density at radius 2 is 1.22 bits per heavy atom. The van der Waals surface area contributed by atoms with Crippen LogP contribution in [0.5, 0.6) is 5.75 Å². The quantitative estimate of drug-likeness (QED) is 0.182. The van der Waals surface area contributed by atoms with Crippen LogP contribution in [0.3, 0.4) is 0 Å². The zero-order valence-electron chi connectivity index (χ0n) is 19.8. The highest BCUT2D eigenvalue weighted by Crippen LogP contribution is 2.30. The molecule has 6 heteroatoms. The van der Waals surface area contributed by atoms with Crippen LogP contribution in [0.25, 0.3) is 34.4 Å². The molecule has 0 aliphatic carbocycles. The van der Waals surface area contributed by atoms with Crippen LogP contribution in [-0.4, -0.2) is 13.7 Å². The number of halogens is 4. The van der Waals surface area contributed by atoms with Crippen molar-refractivity contribution in [3.8, 4) is 28.0 Å². The zero-order chi connectivity index (χ0) is 25.7. The van der Waals surface area contributed by atoms with Crippen LogP contribution >= 0.6 is 0 Å². The number of methoxy groups -OCH3 is 1. The van der Waals surface area contributed by atoms with Gasteiger partial charge in [0.1, 0.15) is 5.75 Å². The summed E-state index contributed by atoms with van der Waals surface area (Å²) in [6.07, 6.45) is 3.09. The maximum atomic E-state index is 14.8. The van der Waals surface area contributed by atoms with Gasteiger partial charge in [-0.3, -0.25) is 0 Å². The Bertz CT molecular complexity index is 1380. The van der Waals surface area contributed by atoms with Gasteiger partial charge in [-0.05, 0) is 35.7 Å². The highest BCUT2D eigenvalue weighted by molar-refractivity contribution is 5.74. The summed E-state index contributed by atoms with van der Waals surface area (Å²) in [6.45, 7) is 2.18. The molecule has 0 unspecified atom stereocenters. The van der Waals surface area contributed by atoms with Gasteiger partial charge in [0.25, 0.3) is 0 Å². The highest BCUT2D eigenvalue weighted by Gasteiger charge is 2.15. The van der Waals surface area contributed by atoms with Gasteiger partial charge >= 0.3 is 0 Å². The molecule has 4 aromatic carbocycles. The van der Waals surface area contributed by atoms with Crippen molar-refractivity contribution < 1.29 is 27.0 Å². The molecule has 0 amide bonds. The third-order valence-electron chi connectivity index (χ3n) is 5.81.